The van der Waals surface area contributed by atoms with Gasteiger partial charge in [0.1, 0.15) is 11.8 Å². The van der Waals surface area contributed by atoms with Crippen molar-refractivity contribution in [1.29, 1.82) is 0 Å². The summed E-state index contributed by atoms with van der Waals surface area (Å²) in [4.78, 5) is 17.8. The number of carbonyl (C=O) groups excluding carboxylic acids is 1. The molecule has 6 rings (SSSR count). The normalized spacial score (nSPS) is 23.2. The number of nitrogens with zero attached hydrogens (tertiary/aromatic N) is 4. The van der Waals surface area contributed by atoms with Crippen molar-refractivity contribution in [1.82, 2.24) is 15.2 Å². The van der Waals surface area contributed by atoms with Gasteiger partial charge in [0.05, 0.1) is 24.0 Å². The van der Waals surface area contributed by atoms with Crippen LogP contribution in [-0.4, -0.2) is 39.8 Å². The molecular formula is C21H21N5O2S. The van der Waals surface area contributed by atoms with E-state index in [2.05, 4.69) is 5.43 Å². The first kappa shape index (κ1) is 18.1. The van der Waals surface area contributed by atoms with Gasteiger partial charge in [-0.1, -0.05) is 42.5 Å². The Hall–Kier alpha value is -2.94. The third-order valence-corrected chi connectivity index (χ3v) is 5.95. The second-order valence-corrected chi connectivity index (χ2v) is 7.76. The van der Waals surface area contributed by atoms with Crippen LogP contribution >= 0.6 is 11.3 Å². The summed E-state index contributed by atoms with van der Waals surface area (Å²) in [6, 6.07) is 17.5. The van der Waals surface area contributed by atoms with Gasteiger partial charge in [-0.25, -0.2) is 4.98 Å². The van der Waals surface area contributed by atoms with Gasteiger partial charge < -0.3 is 4.74 Å². The number of ether oxygens (including phenoxy) is 1. The van der Waals surface area contributed by atoms with Crippen molar-refractivity contribution in [2.24, 2.45) is 0 Å². The Kier molecular flexibility index (Phi) is 4.46. The van der Waals surface area contributed by atoms with Crippen molar-refractivity contribution in [3.63, 3.8) is 0 Å². The van der Waals surface area contributed by atoms with Gasteiger partial charge in [0.25, 0.3) is 5.91 Å². The molecule has 1 aromatic heterocycles. The van der Waals surface area contributed by atoms with Crippen molar-refractivity contribution in [2.75, 3.05) is 17.0 Å². The summed E-state index contributed by atoms with van der Waals surface area (Å²) < 4.78 is 5.70. The molecule has 8 heteroatoms. The third-order valence-electron chi connectivity index (χ3n) is 5.14. The predicted molar refractivity (Wildman–Crippen MR) is 113 cm³/mol. The van der Waals surface area contributed by atoms with Gasteiger partial charge in [0.2, 0.25) is 5.13 Å². The summed E-state index contributed by atoms with van der Waals surface area (Å²) >= 11 is 1.47. The van der Waals surface area contributed by atoms with Crippen molar-refractivity contribution < 1.29 is 9.53 Å². The fourth-order valence-electron chi connectivity index (χ4n) is 3.77. The number of para-hydroxylation sites is 2. The third kappa shape index (κ3) is 2.88. The molecule has 7 nitrogen and oxygen atoms in total. The number of aromatic nitrogens is 1. The van der Waals surface area contributed by atoms with Crippen LogP contribution in [0.25, 0.3) is 11.3 Å². The van der Waals surface area contributed by atoms with Crippen LogP contribution in [-0.2, 0) is 4.79 Å². The molecule has 0 radical (unpaired) electrons. The molecular weight excluding hydrogens is 386 g/mol. The lowest BCUT2D eigenvalue weighted by Gasteiger charge is -2.46. The Morgan fingerprint density at radius 2 is 1.90 bits per heavy atom. The summed E-state index contributed by atoms with van der Waals surface area (Å²) in [6.07, 6.45) is 0. The molecule has 29 heavy (non-hydrogen) atoms. The largest absolute Gasteiger partial charge is 0.492 e. The minimum absolute atomic E-state index is 0.0212. The molecule has 1 amide bonds. The first-order valence-electron chi connectivity index (χ1n) is 9.60. The van der Waals surface area contributed by atoms with Crippen LogP contribution in [0.2, 0.25) is 0 Å². The van der Waals surface area contributed by atoms with E-state index in [1.165, 1.54) is 11.3 Å². The molecule has 3 saturated heterocycles. The standard InChI is InChI=1S/C21H21N5O2S/c1-3-28-18-12-8-7-11-16(18)23-25-19-14(2)26(25)24(20(19)27)21-22-17(13-29-21)15-9-5-4-6-10-15/h4-14,19,23H,3H2,1-2H3/t14-,19-/m1/s1. The van der Waals surface area contributed by atoms with Gasteiger partial charge in [0.15, 0.2) is 0 Å². The Morgan fingerprint density at radius 1 is 1.14 bits per heavy atom. The van der Waals surface area contributed by atoms with Crippen molar-refractivity contribution in [3.05, 3.63) is 60.0 Å². The Bertz CT molecular complexity index is 1040. The molecule has 1 N–H and O–H groups in total. The van der Waals surface area contributed by atoms with E-state index in [0.717, 1.165) is 22.7 Å². The number of benzene rings is 2. The van der Waals surface area contributed by atoms with Crippen LogP contribution in [0.1, 0.15) is 13.8 Å². The van der Waals surface area contributed by atoms with Gasteiger partial charge >= 0.3 is 0 Å². The number of thiazole rings is 1. The zero-order valence-electron chi connectivity index (χ0n) is 16.1. The Labute approximate surface area is 173 Å². The number of hydrazine groups is 3. The fourth-order valence-corrected chi connectivity index (χ4v) is 4.60. The summed E-state index contributed by atoms with van der Waals surface area (Å²) in [5, 5.41) is 8.10. The SMILES string of the molecule is CCOc1ccccc1NN1[C@H]2C(=O)N(c3nc(-c4ccccc4)cs3)N1[C@@H]2C. The lowest BCUT2D eigenvalue weighted by molar-refractivity contribution is -0.140. The van der Waals surface area contributed by atoms with Gasteiger partial charge in [-0.15, -0.1) is 21.6 Å². The molecule has 3 fully saturated rings. The van der Waals surface area contributed by atoms with E-state index in [0.29, 0.717) is 11.7 Å². The number of nitrogens with one attached hydrogen (secondary N) is 1. The Morgan fingerprint density at radius 3 is 2.69 bits per heavy atom. The number of rotatable bonds is 6. The van der Waals surface area contributed by atoms with Crippen LogP contribution in [0.15, 0.2) is 60.0 Å². The van der Waals surface area contributed by atoms with Crippen LogP contribution < -0.4 is 15.2 Å². The average Bonchev–Trinajstić information content (AvgIpc) is 3.40. The zero-order valence-corrected chi connectivity index (χ0v) is 17.0. The summed E-state index contributed by atoms with van der Waals surface area (Å²) in [5.74, 6) is 0.780. The van der Waals surface area contributed by atoms with E-state index in [1.54, 1.807) is 5.01 Å². The maximum atomic E-state index is 13.1. The van der Waals surface area contributed by atoms with Gasteiger partial charge in [-0.05, 0) is 26.0 Å². The number of hydrogen-bond donors (Lipinski definition) is 1. The van der Waals surface area contributed by atoms with Gasteiger partial charge in [-0.3, -0.25) is 10.2 Å². The highest BCUT2D eigenvalue weighted by Gasteiger charge is 2.63. The lowest BCUT2D eigenvalue weighted by Crippen LogP contribution is -2.67. The molecule has 0 aliphatic carbocycles. The molecule has 148 valence electrons. The average molecular weight is 407 g/mol. The van der Waals surface area contributed by atoms with Crippen LogP contribution in [0, 0.1) is 0 Å². The second kappa shape index (κ2) is 7.14. The number of amides is 1. The highest BCUT2D eigenvalue weighted by molar-refractivity contribution is 7.14. The van der Waals surface area contributed by atoms with Crippen LogP contribution in [0.5, 0.6) is 5.75 Å². The monoisotopic (exact) mass is 407 g/mol. The maximum absolute atomic E-state index is 13.1. The first-order chi connectivity index (χ1) is 14.2. The molecule has 3 aliphatic rings. The molecule has 0 saturated carbocycles. The minimum Gasteiger partial charge on any atom is -0.492 e. The molecule has 3 atom stereocenters. The van der Waals surface area contributed by atoms with Crippen molar-refractivity contribution >= 4 is 28.1 Å². The lowest BCUT2D eigenvalue weighted by atomic mass is 10.1. The first-order valence-corrected chi connectivity index (χ1v) is 10.5. The number of carbonyl (C=O) groups is 1. The minimum atomic E-state index is -0.270. The molecule has 2 bridgehead atoms. The van der Waals surface area contributed by atoms with E-state index in [-0.39, 0.29) is 18.0 Å². The second-order valence-electron chi connectivity index (χ2n) is 6.92. The Balaban J connectivity index is 1.40. The summed E-state index contributed by atoms with van der Waals surface area (Å²) in [7, 11) is 0. The molecule has 4 heterocycles. The molecule has 0 spiro atoms. The molecule has 2 aromatic carbocycles. The predicted octanol–water partition coefficient (Wildman–Crippen LogP) is 3.79. The van der Waals surface area contributed by atoms with Crippen molar-refractivity contribution in [3.8, 4) is 17.0 Å². The highest BCUT2D eigenvalue weighted by atomic mass is 32.1. The van der Waals surface area contributed by atoms with Crippen LogP contribution in [0.4, 0.5) is 10.8 Å². The van der Waals surface area contributed by atoms with Gasteiger partial charge in [0, 0.05) is 10.9 Å². The number of anilines is 2. The molecule has 3 aromatic rings. The molecule has 1 unspecified atom stereocenters. The topological polar surface area (TPSA) is 60.9 Å². The van der Waals surface area contributed by atoms with E-state index in [9.17, 15) is 4.79 Å². The van der Waals surface area contributed by atoms with Crippen molar-refractivity contribution in [2.45, 2.75) is 25.9 Å². The zero-order chi connectivity index (χ0) is 20.0. The quantitative estimate of drug-likeness (QED) is 0.671. The van der Waals surface area contributed by atoms with Crippen LogP contribution in [0.3, 0.4) is 0 Å². The van der Waals surface area contributed by atoms with E-state index in [4.69, 9.17) is 9.72 Å². The van der Waals surface area contributed by atoms with Gasteiger partial charge in [-0.2, -0.15) is 5.01 Å². The van der Waals surface area contributed by atoms with E-state index >= 15 is 0 Å². The van der Waals surface area contributed by atoms with E-state index in [1.807, 2.05) is 84.1 Å². The summed E-state index contributed by atoms with van der Waals surface area (Å²) in [6.45, 7) is 4.57. The maximum Gasteiger partial charge on any atom is 0.267 e. The highest BCUT2D eigenvalue weighted by Crippen LogP contribution is 2.43. The smallest absolute Gasteiger partial charge is 0.267 e. The summed E-state index contributed by atoms with van der Waals surface area (Å²) in [5.41, 5.74) is 6.08. The fraction of sp³-hybridized carbons (Fsp3) is 0.238. The number of fused-ring (bicyclic) bond motifs is 1. The molecule has 3 aliphatic heterocycles. The number of hydrogen-bond acceptors (Lipinski definition) is 7. The van der Waals surface area contributed by atoms with E-state index < -0.39 is 0 Å².